The average Bonchev–Trinajstić information content (AvgIpc) is 3.11. The predicted octanol–water partition coefficient (Wildman–Crippen LogP) is 3.13. The molecule has 1 aromatic rings. The van der Waals surface area contributed by atoms with Crippen molar-refractivity contribution < 1.29 is 9.53 Å². The van der Waals surface area contributed by atoms with Gasteiger partial charge in [-0.1, -0.05) is 6.92 Å². The van der Waals surface area contributed by atoms with Crippen molar-refractivity contribution in [3.8, 4) is 0 Å². The van der Waals surface area contributed by atoms with Crippen LogP contribution in [0.15, 0.2) is 6.20 Å². The lowest BCUT2D eigenvalue weighted by molar-refractivity contribution is -0.146. The lowest BCUT2D eigenvalue weighted by Crippen LogP contribution is -2.46. The van der Waals surface area contributed by atoms with Gasteiger partial charge in [-0.2, -0.15) is 0 Å². The first-order valence-electron chi connectivity index (χ1n) is 10.2. The SMILES string of the molecule is CC[C@H]1OCCC[C@@H]1C(=O)N1CCC(c2ncc3n2CCCC3)CC1. The minimum Gasteiger partial charge on any atom is -0.377 e. The van der Waals surface area contributed by atoms with Crippen molar-refractivity contribution in [3.63, 3.8) is 0 Å². The van der Waals surface area contributed by atoms with Crippen molar-refractivity contribution in [3.05, 3.63) is 17.7 Å². The van der Waals surface area contributed by atoms with Crippen LogP contribution in [-0.4, -0.2) is 46.2 Å². The molecule has 2 saturated heterocycles. The number of nitrogens with zero attached hydrogens (tertiary/aromatic N) is 3. The van der Waals surface area contributed by atoms with E-state index in [0.717, 1.165) is 58.3 Å². The van der Waals surface area contributed by atoms with Crippen LogP contribution in [0, 0.1) is 5.92 Å². The number of likely N-dealkylation sites (tertiary alicyclic amines) is 1. The van der Waals surface area contributed by atoms with E-state index in [-0.39, 0.29) is 12.0 Å². The number of aromatic nitrogens is 2. The highest BCUT2D eigenvalue weighted by molar-refractivity contribution is 5.79. The van der Waals surface area contributed by atoms with Crippen molar-refractivity contribution >= 4 is 5.91 Å². The highest BCUT2D eigenvalue weighted by Crippen LogP contribution is 2.32. The van der Waals surface area contributed by atoms with E-state index in [2.05, 4.69) is 22.6 Å². The largest absolute Gasteiger partial charge is 0.377 e. The normalized spacial score (nSPS) is 28.0. The van der Waals surface area contributed by atoms with Crippen LogP contribution in [0.3, 0.4) is 0 Å². The topological polar surface area (TPSA) is 47.4 Å². The Hall–Kier alpha value is -1.36. The second-order valence-corrected chi connectivity index (χ2v) is 7.88. The molecule has 0 spiro atoms. The summed E-state index contributed by atoms with van der Waals surface area (Å²) in [4.78, 5) is 19.8. The van der Waals surface area contributed by atoms with Crippen molar-refractivity contribution in [1.82, 2.24) is 14.5 Å². The standard InChI is InChI=1S/C20H31N3O2/c1-2-18-17(7-5-13-25-18)20(24)22-11-8-15(9-12-22)19-21-14-16-6-3-4-10-23(16)19/h14-15,17-18H,2-13H2,1H3/t17-,18+/m0/s1. The van der Waals surface area contributed by atoms with Gasteiger partial charge < -0.3 is 14.2 Å². The Bertz CT molecular complexity index is 604. The molecule has 1 amide bonds. The smallest absolute Gasteiger partial charge is 0.228 e. The maximum absolute atomic E-state index is 13.0. The number of rotatable bonds is 3. The zero-order valence-electron chi connectivity index (χ0n) is 15.5. The van der Waals surface area contributed by atoms with Gasteiger partial charge in [0.2, 0.25) is 5.91 Å². The van der Waals surface area contributed by atoms with E-state index in [1.54, 1.807) is 0 Å². The molecular formula is C20H31N3O2. The highest BCUT2D eigenvalue weighted by Gasteiger charge is 2.36. The van der Waals surface area contributed by atoms with Crippen LogP contribution >= 0.6 is 0 Å². The number of aryl methyl sites for hydroxylation is 1. The van der Waals surface area contributed by atoms with Crippen LogP contribution in [0.1, 0.15) is 69.3 Å². The molecule has 0 bridgehead atoms. The molecule has 0 aliphatic carbocycles. The molecule has 0 N–H and O–H groups in total. The Morgan fingerprint density at radius 1 is 1.20 bits per heavy atom. The molecule has 4 heterocycles. The van der Waals surface area contributed by atoms with Crippen LogP contribution in [0.25, 0.3) is 0 Å². The molecule has 1 aromatic heterocycles. The molecule has 3 aliphatic rings. The summed E-state index contributed by atoms with van der Waals surface area (Å²) < 4.78 is 8.29. The summed E-state index contributed by atoms with van der Waals surface area (Å²) in [5.41, 5.74) is 1.41. The maximum Gasteiger partial charge on any atom is 0.228 e. The Labute approximate surface area is 150 Å². The van der Waals surface area contributed by atoms with Crippen molar-refractivity contribution in [2.75, 3.05) is 19.7 Å². The molecule has 2 atom stereocenters. The summed E-state index contributed by atoms with van der Waals surface area (Å²) in [6.07, 6.45) is 11.0. The molecule has 0 aromatic carbocycles. The van der Waals surface area contributed by atoms with Gasteiger partial charge in [-0.05, 0) is 51.4 Å². The van der Waals surface area contributed by atoms with E-state index in [0.29, 0.717) is 11.8 Å². The first-order valence-corrected chi connectivity index (χ1v) is 10.2. The minimum atomic E-state index is 0.0782. The fraction of sp³-hybridized carbons (Fsp3) is 0.800. The molecule has 0 unspecified atom stereocenters. The van der Waals surface area contributed by atoms with E-state index in [9.17, 15) is 4.79 Å². The molecule has 25 heavy (non-hydrogen) atoms. The zero-order valence-corrected chi connectivity index (χ0v) is 15.5. The van der Waals surface area contributed by atoms with Crippen molar-refractivity contribution in [2.24, 2.45) is 5.92 Å². The molecule has 138 valence electrons. The monoisotopic (exact) mass is 345 g/mol. The lowest BCUT2D eigenvalue weighted by atomic mass is 9.89. The second kappa shape index (κ2) is 7.48. The molecule has 5 heteroatoms. The third-order valence-corrected chi connectivity index (χ3v) is 6.37. The fourth-order valence-corrected chi connectivity index (χ4v) is 4.90. The van der Waals surface area contributed by atoms with Crippen LogP contribution in [0.2, 0.25) is 0 Å². The molecule has 4 rings (SSSR count). The number of carbonyl (C=O) groups is 1. The molecular weight excluding hydrogens is 314 g/mol. The van der Waals surface area contributed by atoms with Gasteiger partial charge in [0.25, 0.3) is 0 Å². The summed E-state index contributed by atoms with van der Waals surface area (Å²) in [7, 11) is 0. The third-order valence-electron chi connectivity index (χ3n) is 6.37. The molecule has 2 fully saturated rings. The van der Waals surface area contributed by atoms with Gasteiger partial charge >= 0.3 is 0 Å². The van der Waals surface area contributed by atoms with E-state index >= 15 is 0 Å². The number of piperidine rings is 1. The summed E-state index contributed by atoms with van der Waals surface area (Å²) in [5.74, 6) is 2.19. The van der Waals surface area contributed by atoms with E-state index in [1.807, 2.05) is 0 Å². The number of ether oxygens (including phenoxy) is 1. The summed E-state index contributed by atoms with van der Waals surface area (Å²) in [6, 6.07) is 0. The Morgan fingerprint density at radius 3 is 2.84 bits per heavy atom. The highest BCUT2D eigenvalue weighted by atomic mass is 16.5. The van der Waals surface area contributed by atoms with E-state index in [1.165, 1.54) is 30.8 Å². The number of fused-ring (bicyclic) bond motifs is 1. The lowest BCUT2D eigenvalue weighted by Gasteiger charge is -2.38. The number of hydrogen-bond acceptors (Lipinski definition) is 3. The minimum absolute atomic E-state index is 0.0782. The van der Waals surface area contributed by atoms with Gasteiger partial charge in [0, 0.05) is 44.0 Å². The fourth-order valence-electron chi connectivity index (χ4n) is 4.90. The Balaban J connectivity index is 1.38. The first kappa shape index (κ1) is 17.1. The number of carbonyl (C=O) groups excluding carboxylic acids is 1. The number of amides is 1. The summed E-state index contributed by atoms with van der Waals surface area (Å²) in [6.45, 7) is 5.82. The molecule has 3 aliphatic heterocycles. The quantitative estimate of drug-likeness (QED) is 0.845. The zero-order chi connectivity index (χ0) is 17.2. The van der Waals surface area contributed by atoms with E-state index < -0.39 is 0 Å². The second-order valence-electron chi connectivity index (χ2n) is 7.88. The molecule has 0 radical (unpaired) electrons. The first-order chi connectivity index (χ1) is 12.3. The van der Waals surface area contributed by atoms with Gasteiger partial charge in [0.05, 0.1) is 12.0 Å². The summed E-state index contributed by atoms with van der Waals surface area (Å²) >= 11 is 0. The van der Waals surface area contributed by atoms with Crippen molar-refractivity contribution in [2.45, 2.75) is 76.9 Å². The van der Waals surface area contributed by atoms with Crippen LogP contribution in [0.4, 0.5) is 0 Å². The number of hydrogen-bond donors (Lipinski definition) is 0. The van der Waals surface area contributed by atoms with E-state index in [4.69, 9.17) is 9.72 Å². The van der Waals surface area contributed by atoms with Crippen LogP contribution in [0.5, 0.6) is 0 Å². The van der Waals surface area contributed by atoms with Gasteiger partial charge in [-0.25, -0.2) is 4.98 Å². The van der Waals surface area contributed by atoms with Crippen LogP contribution in [-0.2, 0) is 22.5 Å². The van der Waals surface area contributed by atoms with Gasteiger partial charge in [-0.15, -0.1) is 0 Å². The van der Waals surface area contributed by atoms with Gasteiger partial charge in [0.15, 0.2) is 0 Å². The number of imidazole rings is 1. The molecule has 0 saturated carbocycles. The van der Waals surface area contributed by atoms with Crippen molar-refractivity contribution in [1.29, 1.82) is 0 Å². The average molecular weight is 345 g/mol. The molecule has 5 nitrogen and oxygen atoms in total. The Morgan fingerprint density at radius 2 is 2.04 bits per heavy atom. The third kappa shape index (κ3) is 3.35. The van der Waals surface area contributed by atoms with Crippen LogP contribution < -0.4 is 0 Å². The Kier molecular flexibility index (Phi) is 5.11. The maximum atomic E-state index is 13.0. The van der Waals surface area contributed by atoms with Gasteiger partial charge in [0.1, 0.15) is 5.82 Å². The summed E-state index contributed by atoms with van der Waals surface area (Å²) in [5, 5.41) is 0. The van der Waals surface area contributed by atoms with Gasteiger partial charge in [-0.3, -0.25) is 4.79 Å². The predicted molar refractivity (Wildman–Crippen MR) is 96.5 cm³/mol.